The van der Waals surface area contributed by atoms with E-state index < -0.39 is 6.16 Å². The van der Waals surface area contributed by atoms with Gasteiger partial charge in [-0.25, -0.2) is 4.79 Å². The Bertz CT molecular complexity index is 108. The van der Waals surface area contributed by atoms with E-state index in [1.165, 1.54) is 0 Å². The average Bonchev–Trinajstić information content (AvgIpc) is 1.83. The molecule has 1 N–H and O–H groups in total. The third-order valence-corrected chi connectivity index (χ3v) is 2.79. The minimum atomic E-state index is -1.24. The Kier molecular flexibility index (Phi) is 12.1. The molecule has 1 unspecified atom stereocenters. The zero-order valence-corrected chi connectivity index (χ0v) is 10.6. The maximum absolute atomic E-state index is 9.76. The maximum atomic E-state index is 9.76. The van der Waals surface area contributed by atoms with Crippen LogP contribution in [0.5, 0.6) is 0 Å². The van der Waals surface area contributed by atoms with E-state index in [0.717, 1.165) is 0 Å². The van der Waals surface area contributed by atoms with Crippen molar-refractivity contribution in [1.82, 2.24) is 0 Å². The van der Waals surface area contributed by atoms with Gasteiger partial charge in [-0.15, -0.1) is 0 Å². The van der Waals surface area contributed by atoms with Gasteiger partial charge in [-0.05, 0) is 0 Å². The number of hydrogen-bond donors (Lipinski definition) is 1. The molecule has 0 amide bonds. The minimum absolute atomic E-state index is 0. The van der Waals surface area contributed by atoms with E-state index in [4.69, 9.17) is 5.11 Å². The van der Waals surface area contributed by atoms with E-state index in [-0.39, 0.29) is 52.0 Å². The Balaban J connectivity index is -0.000000107. The monoisotopic (exact) mass is 302 g/mol. The average molecular weight is 304 g/mol. The van der Waals surface area contributed by atoms with Gasteiger partial charge in [-0.2, -0.15) is 0 Å². The van der Waals surface area contributed by atoms with E-state index in [1.54, 1.807) is 0 Å². The normalized spacial score (nSPS) is 11.4. The van der Waals surface area contributed by atoms with Crippen LogP contribution in [0.3, 0.4) is 0 Å². The van der Waals surface area contributed by atoms with Gasteiger partial charge >= 0.3 is 43.9 Å². The summed E-state index contributed by atoms with van der Waals surface area (Å²) in [6, 6.07) is 0. The summed E-state index contributed by atoms with van der Waals surface area (Å²) in [5.41, 5.74) is 0. The molecule has 0 spiro atoms. The first kappa shape index (κ1) is 14.0. The second-order valence-electron chi connectivity index (χ2n) is 1.33. The molecule has 0 aliphatic heterocycles. The molecular formula is C4H8Br2CaO3. The minimum Gasteiger partial charge on any atom is -1.00 e. The van der Waals surface area contributed by atoms with Crippen molar-refractivity contribution in [3.63, 3.8) is 0 Å². The number of halogens is 2. The van der Waals surface area contributed by atoms with Crippen LogP contribution in [-0.2, 0) is 4.74 Å². The predicted octanol–water partition coefficient (Wildman–Crippen LogP) is 1.68. The molecule has 0 saturated carbocycles. The van der Waals surface area contributed by atoms with E-state index in [1.807, 2.05) is 0 Å². The Morgan fingerprint density at radius 1 is 1.80 bits per heavy atom. The third kappa shape index (κ3) is 9.49. The van der Waals surface area contributed by atoms with E-state index in [9.17, 15) is 4.79 Å². The number of hydrogen-bond acceptors (Lipinski definition) is 2. The van der Waals surface area contributed by atoms with Crippen molar-refractivity contribution < 1.29 is 17.5 Å². The van der Waals surface area contributed by atoms with Crippen molar-refractivity contribution in [3.05, 3.63) is 0 Å². The molecule has 0 saturated heterocycles. The molecule has 58 valence electrons. The van der Waals surface area contributed by atoms with Crippen LogP contribution in [0, 0.1) is 0 Å². The summed E-state index contributed by atoms with van der Waals surface area (Å²) in [7, 11) is 0. The molecule has 6 heteroatoms. The summed E-state index contributed by atoms with van der Waals surface area (Å²) < 4.78 is 4.23. The zero-order chi connectivity index (χ0) is 7.28. The van der Waals surface area contributed by atoms with Gasteiger partial charge in [0.05, 0.1) is 4.83 Å². The molecule has 0 aliphatic carbocycles. The van der Waals surface area contributed by atoms with Crippen LogP contribution in [0.1, 0.15) is 2.85 Å². The van der Waals surface area contributed by atoms with Crippen LogP contribution in [0.15, 0.2) is 0 Å². The zero-order valence-electron chi connectivity index (χ0n) is 7.22. The summed E-state index contributed by atoms with van der Waals surface area (Å²) in [6.07, 6.45) is -1.24. The second kappa shape index (κ2) is 8.59. The molecule has 0 heterocycles. The van der Waals surface area contributed by atoms with Gasteiger partial charge in [0.1, 0.15) is 6.61 Å². The number of alkyl halides is 2. The predicted molar refractivity (Wildman–Crippen MR) is 48.5 cm³/mol. The first-order valence-electron chi connectivity index (χ1n) is 2.22. The van der Waals surface area contributed by atoms with Crippen molar-refractivity contribution >= 4 is 75.8 Å². The van der Waals surface area contributed by atoms with Gasteiger partial charge in [-0.1, -0.05) is 31.9 Å². The van der Waals surface area contributed by atoms with Crippen molar-refractivity contribution in [2.24, 2.45) is 0 Å². The van der Waals surface area contributed by atoms with Crippen LogP contribution in [0.25, 0.3) is 0 Å². The quantitative estimate of drug-likeness (QED) is 0.490. The van der Waals surface area contributed by atoms with Crippen molar-refractivity contribution in [1.29, 1.82) is 0 Å². The van der Waals surface area contributed by atoms with Gasteiger partial charge in [0.15, 0.2) is 0 Å². The first-order chi connectivity index (χ1) is 4.16. The van der Waals surface area contributed by atoms with E-state index >= 15 is 0 Å². The van der Waals surface area contributed by atoms with E-state index in [2.05, 4.69) is 36.6 Å². The standard InChI is InChI=1S/C4H6Br2O3.Ca.2H/c5-1-3(6)2-9-4(7)8;;;/h3H,1-2H2,(H,7,8);;;/q;+2;2*-1. The summed E-state index contributed by atoms with van der Waals surface area (Å²) in [4.78, 5) is 9.82. The largest absolute Gasteiger partial charge is 2.00 e. The number of carboxylic acid groups (broad SMARTS) is 1. The summed E-state index contributed by atoms with van der Waals surface area (Å²) in [5, 5.41) is 8.68. The number of ether oxygens (including phenoxy) is 1. The molecule has 0 aromatic heterocycles. The molecule has 3 nitrogen and oxygen atoms in total. The molecule has 0 aliphatic rings. The summed E-state index contributed by atoms with van der Waals surface area (Å²) in [5.74, 6) is 0. The van der Waals surface area contributed by atoms with Crippen molar-refractivity contribution in [2.75, 3.05) is 11.9 Å². The van der Waals surface area contributed by atoms with E-state index in [0.29, 0.717) is 5.33 Å². The molecule has 0 rings (SSSR count). The molecule has 10 heavy (non-hydrogen) atoms. The second-order valence-corrected chi connectivity index (χ2v) is 3.27. The molecule has 0 aromatic rings. The Morgan fingerprint density at radius 3 is 2.60 bits per heavy atom. The van der Waals surface area contributed by atoms with Crippen LogP contribution in [0.2, 0.25) is 0 Å². The molecule has 0 aromatic carbocycles. The molecule has 0 bridgehead atoms. The van der Waals surface area contributed by atoms with Crippen LogP contribution >= 0.6 is 31.9 Å². The fourth-order valence-electron chi connectivity index (χ4n) is 0.206. The molecule has 0 radical (unpaired) electrons. The third-order valence-electron chi connectivity index (χ3n) is 0.555. The Hall–Kier alpha value is 1.49. The van der Waals surface area contributed by atoms with Gasteiger partial charge in [0, 0.05) is 5.33 Å². The van der Waals surface area contributed by atoms with Crippen LogP contribution < -0.4 is 0 Å². The fourth-order valence-corrected chi connectivity index (χ4v) is 0.525. The van der Waals surface area contributed by atoms with Crippen LogP contribution in [-0.4, -0.2) is 65.8 Å². The summed E-state index contributed by atoms with van der Waals surface area (Å²) >= 11 is 6.32. The smallest absolute Gasteiger partial charge is 1.00 e. The SMILES string of the molecule is O=C(O)OCC(Br)CBr.[Ca+2].[H-].[H-]. The fraction of sp³-hybridized carbons (Fsp3) is 0.750. The Morgan fingerprint density at radius 2 is 2.30 bits per heavy atom. The molecule has 0 fully saturated rings. The number of rotatable bonds is 3. The van der Waals surface area contributed by atoms with Crippen LogP contribution in [0.4, 0.5) is 4.79 Å². The molecule has 1 atom stereocenters. The van der Waals surface area contributed by atoms with Crippen molar-refractivity contribution in [2.45, 2.75) is 4.83 Å². The Labute approximate surface area is 109 Å². The van der Waals surface area contributed by atoms with Crippen molar-refractivity contribution in [3.8, 4) is 0 Å². The first-order valence-corrected chi connectivity index (χ1v) is 4.26. The number of carbonyl (C=O) groups is 1. The van der Waals surface area contributed by atoms with Gasteiger partial charge in [0.25, 0.3) is 0 Å². The van der Waals surface area contributed by atoms with Gasteiger partial charge in [-0.3, -0.25) is 0 Å². The topological polar surface area (TPSA) is 46.5 Å². The van der Waals surface area contributed by atoms with Gasteiger partial charge in [0.2, 0.25) is 0 Å². The van der Waals surface area contributed by atoms with Gasteiger partial charge < -0.3 is 12.7 Å². The maximum Gasteiger partial charge on any atom is 2.00 e. The molecular weight excluding hydrogens is 296 g/mol. The summed E-state index contributed by atoms with van der Waals surface area (Å²) in [6.45, 7) is 0.181.